The Morgan fingerprint density at radius 1 is 1.29 bits per heavy atom. The third-order valence-electron chi connectivity index (χ3n) is 3.38. The second kappa shape index (κ2) is 5.17. The van der Waals surface area contributed by atoms with Gasteiger partial charge in [-0.15, -0.1) is 0 Å². The molecule has 1 aliphatic rings. The summed E-state index contributed by atoms with van der Waals surface area (Å²) in [5.74, 6) is 0. The number of ether oxygens (including phenoxy) is 1. The molecule has 0 aromatic rings. The minimum Gasteiger partial charge on any atom is -0.360 e. The minimum atomic E-state index is -1.08. The first-order chi connectivity index (χ1) is 7.82. The van der Waals surface area contributed by atoms with E-state index < -0.39 is 11.1 Å². The largest absolute Gasteiger partial charge is 0.360 e. The Balaban J connectivity index is 2.82. The summed E-state index contributed by atoms with van der Waals surface area (Å²) in [5, 5.41) is 11.2. The molecule has 4 nitrogen and oxygen atoms in total. The van der Waals surface area contributed by atoms with E-state index in [1.807, 2.05) is 13.8 Å². The van der Waals surface area contributed by atoms with Crippen molar-refractivity contribution in [2.75, 3.05) is 0 Å². The maximum Gasteiger partial charge on any atom is 0.263 e. The third kappa shape index (κ3) is 3.28. The van der Waals surface area contributed by atoms with Crippen LogP contribution in [0.3, 0.4) is 0 Å². The summed E-state index contributed by atoms with van der Waals surface area (Å²) in [4.78, 5) is 11.0. The van der Waals surface area contributed by atoms with Crippen LogP contribution in [0.25, 0.3) is 0 Å². The third-order valence-corrected chi connectivity index (χ3v) is 3.38. The molecule has 2 atom stereocenters. The average molecular weight is 241 g/mol. The molecule has 0 N–H and O–H groups in total. The Labute approximate surface area is 103 Å². The van der Waals surface area contributed by atoms with Gasteiger partial charge in [0.1, 0.15) is 6.10 Å². The summed E-state index contributed by atoms with van der Waals surface area (Å²) < 4.78 is 5.87. The highest BCUT2D eigenvalue weighted by Gasteiger charge is 2.48. The molecule has 98 valence electrons. The van der Waals surface area contributed by atoms with Crippen LogP contribution >= 0.6 is 0 Å². The first-order valence-corrected chi connectivity index (χ1v) is 6.34. The normalized spacial score (nSPS) is 31.4. The van der Waals surface area contributed by atoms with Crippen molar-refractivity contribution in [1.82, 2.24) is 0 Å². The fraction of sp³-hybridized carbons (Fsp3) is 0.846. The van der Waals surface area contributed by atoms with Crippen LogP contribution in [0.1, 0.15) is 53.4 Å². The Morgan fingerprint density at radius 3 is 2.47 bits per heavy atom. The Kier molecular flexibility index (Phi) is 4.31. The van der Waals surface area contributed by atoms with E-state index in [4.69, 9.17) is 4.74 Å². The standard InChI is InChI=1S/C13H23NO3/c1-5-6-7-8-11-13(4,14(15)16)10-9-12(2,3)17-11/h9-11H,5-8H2,1-4H3/t11-,13+/m0/s1. The number of unbranched alkanes of at least 4 members (excludes halogenated alkanes) is 2. The SMILES string of the molecule is CCCCC[C@@H]1OC(C)(C)C=C[C@@]1(C)[N+](=O)[O-]. The summed E-state index contributed by atoms with van der Waals surface area (Å²) in [7, 11) is 0. The van der Waals surface area contributed by atoms with Crippen molar-refractivity contribution in [1.29, 1.82) is 0 Å². The zero-order valence-corrected chi connectivity index (χ0v) is 11.2. The van der Waals surface area contributed by atoms with E-state index in [0.29, 0.717) is 0 Å². The van der Waals surface area contributed by atoms with Crippen LogP contribution in [0.15, 0.2) is 12.2 Å². The van der Waals surface area contributed by atoms with Crippen molar-refractivity contribution in [3.63, 3.8) is 0 Å². The second-order valence-corrected chi connectivity index (χ2v) is 5.52. The molecule has 0 fully saturated rings. The molecule has 0 saturated carbocycles. The molecule has 4 heteroatoms. The maximum absolute atomic E-state index is 11.2. The molecular weight excluding hydrogens is 218 g/mol. The highest BCUT2D eigenvalue weighted by Crippen LogP contribution is 2.33. The summed E-state index contributed by atoms with van der Waals surface area (Å²) in [5.41, 5.74) is -1.48. The molecular formula is C13H23NO3. The van der Waals surface area contributed by atoms with Crippen LogP contribution in [0.4, 0.5) is 0 Å². The minimum absolute atomic E-state index is 0.227. The molecule has 1 heterocycles. The lowest BCUT2D eigenvalue weighted by atomic mass is 9.86. The predicted molar refractivity (Wildman–Crippen MR) is 67.6 cm³/mol. The van der Waals surface area contributed by atoms with Gasteiger partial charge in [-0.3, -0.25) is 10.1 Å². The van der Waals surface area contributed by atoms with Crippen molar-refractivity contribution in [3.05, 3.63) is 22.3 Å². The van der Waals surface area contributed by atoms with Crippen molar-refractivity contribution in [3.8, 4) is 0 Å². The van der Waals surface area contributed by atoms with Crippen molar-refractivity contribution in [2.45, 2.75) is 70.6 Å². The van der Waals surface area contributed by atoms with Gasteiger partial charge in [0.15, 0.2) is 0 Å². The lowest BCUT2D eigenvalue weighted by Gasteiger charge is -2.38. The average Bonchev–Trinajstić information content (AvgIpc) is 2.23. The van der Waals surface area contributed by atoms with E-state index in [-0.39, 0.29) is 11.0 Å². The van der Waals surface area contributed by atoms with E-state index in [2.05, 4.69) is 6.92 Å². The molecule has 1 aliphatic heterocycles. The van der Waals surface area contributed by atoms with Crippen LogP contribution in [-0.4, -0.2) is 22.2 Å². The molecule has 0 aliphatic carbocycles. The first kappa shape index (κ1) is 14.2. The number of hydrogen-bond donors (Lipinski definition) is 0. The van der Waals surface area contributed by atoms with Gasteiger partial charge in [-0.05, 0) is 26.3 Å². The Hall–Kier alpha value is -0.900. The fourth-order valence-electron chi connectivity index (χ4n) is 2.11. The summed E-state index contributed by atoms with van der Waals surface area (Å²) in [6.45, 7) is 7.65. The zero-order valence-electron chi connectivity index (χ0n) is 11.2. The van der Waals surface area contributed by atoms with Crippen LogP contribution in [0, 0.1) is 10.1 Å². The first-order valence-electron chi connectivity index (χ1n) is 6.34. The van der Waals surface area contributed by atoms with Gasteiger partial charge < -0.3 is 4.74 Å². The van der Waals surface area contributed by atoms with Crippen LogP contribution in [0.2, 0.25) is 0 Å². The molecule has 0 spiro atoms. The van der Waals surface area contributed by atoms with Gasteiger partial charge in [-0.25, -0.2) is 0 Å². The monoisotopic (exact) mass is 241 g/mol. The Morgan fingerprint density at radius 2 is 1.94 bits per heavy atom. The zero-order chi connectivity index (χ0) is 13.1. The lowest BCUT2D eigenvalue weighted by Crippen LogP contribution is -2.52. The van der Waals surface area contributed by atoms with E-state index >= 15 is 0 Å². The highest BCUT2D eigenvalue weighted by atomic mass is 16.6. The van der Waals surface area contributed by atoms with Crippen LogP contribution < -0.4 is 0 Å². The van der Waals surface area contributed by atoms with Gasteiger partial charge >= 0.3 is 0 Å². The molecule has 0 aromatic carbocycles. The molecule has 0 unspecified atom stereocenters. The predicted octanol–water partition coefficient (Wildman–Crippen LogP) is 3.34. The number of nitro groups is 1. The molecule has 0 saturated heterocycles. The number of rotatable bonds is 5. The lowest BCUT2D eigenvalue weighted by molar-refractivity contribution is -0.568. The van der Waals surface area contributed by atoms with Gasteiger partial charge in [0.25, 0.3) is 5.54 Å². The second-order valence-electron chi connectivity index (χ2n) is 5.52. The van der Waals surface area contributed by atoms with E-state index in [9.17, 15) is 10.1 Å². The van der Waals surface area contributed by atoms with E-state index in [1.54, 1.807) is 19.1 Å². The molecule has 1 rings (SSSR count). The van der Waals surface area contributed by atoms with Gasteiger partial charge in [0.05, 0.1) is 5.60 Å². The van der Waals surface area contributed by atoms with Crippen molar-refractivity contribution < 1.29 is 9.66 Å². The van der Waals surface area contributed by atoms with Gasteiger partial charge in [-0.1, -0.05) is 32.3 Å². The topological polar surface area (TPSA) is 52.4 Å². The van der Waals surface area contributed by atoms with Crippen LogP contribution in [-0.2, 0) is 4.74 Å². The Bertz CT molecular complexity index is 312. The summed E-state index contributed by atoms with van der Waals surface area (Å²) in [6.07, 6.45) is 7.11. The van der Waals surface area contributed by atoms with Crippen molar-refractivity contribution in [2.24, 2.45) is 0 Å². The van der Waals surface area contributed by atoms with E-state index in [1.165, 1.54) is 0 Å². The van der Waals surface area contributed by atoms with Crippen molar-refractivity contribution >= 4 is 0 Å². The smallest absolute Gasteiger partial charge is 0.263 e. The molecule has 0 aromatic heterocycles. The fourth-order valence-corrected chi connectivity index (χ4v) is 2.11. The molecule has 17 heavy (non-hydrogen) atoms. The number of nitrogens with zero attached hydrogens (tertiary/aromatic N) is 1. The number of hydrogen-bond acceptors (Lipinski definition) is 3. The molecule has 0 amide bonds. The van der Waals surface area contributed by atoms with Crippen LogP contribution in [0.5, 0.6) is 0 Å². The van der Waals surface area contributed by atoms with Gasteiger partial charge in [-0.2, -0.15) is 0 Å². The summed E-state index contributed by atoms with van der Waals surface area (Å²) in [6, 6.07) is 0. The van der Waals surface area contributed by atoms with Gasteiger partial charge in [0.2, 0.25) is 0 Å². The highest BCUT2D eigenvalue weighted by molar-refractivity contribution is 5.13. The maximum atomic E-state index is 11.2. The summed E-state index contributed by atoms with van der Waals surface area (Å²) >= 11 is 0. The van der Waals surface area contributed by atoms with E-state index in [0.717, 1.165) is 25.7 Å². The van der Waals surface area contributed by atoms with Gasteiger partial charge in [0, 0.05) is 11.8 Å². The quantitative estimate of drug-likeness (QED) is 0.321. The molecule has 0 bridgehead atoms. The molecule has 0 radical (unpaired) electrons.